The Bertz CT molecular complexity index is 720. The van der Waals surface area contributed by atoms with Crippen molar-refractivity contribution in [3.05, 3.63) is 30.0 Å². The van der Waals surface area contributed by atoms with Gasteiger partial charge in [0, 0.05) is 26.2 Å². The minimum Gasteiger partial charge on any atom is -0.494 e. The molecule has 0 spiro atoms. The van der Waals surface area contributed by atoms with Crippen molar-refractivity contribution in [3.63, 3.8) is 0 Å². The van der Waals surface area contributed by atoms with Crippen LogP contribution in [-0.4, -0.2) is 70.3 Å². The molecular formula is C17H23N5O3. The summed E-state index contributed by atoms with van der Waals surface area (Å²) < 4.78 is 5.42. The third-order valence-electron chi connectivity index (χ3n) is 4.30. The van der Waals surface area contributed by atoms with Gasteiger partial charge >= 0.3 is 5.97 Å². The molecule has 25 heavy (non-hydrogen) atoms. The fraction of sp³-hybridized carbons (Fsp3) is 0.471. The molecule has 0 amide bonds. The van der Waals surface area contributed by atoms with Gasteiger partial charge in [-0.05, 0) is 37.7 Å². The van der Waals surface area contributed by atoms with Gasteiger partial charge < -0.3 is 19.6 Å². The SMILES string of the molecule is CCOc1ccc(-n2nc(C(=O)O)c(N3CCN(CC)CC3)n2)cc1. The van der Waals surface area contributed by atoms with Crippen LogP contribution in [0.3, 0.4) is 0 Å². The van der Waals surface area contributed by atoms with E-state index in [-0.39, 0.29) is 5.69 Å². The van der Waals surface area contributed by atoms with Crippen molar-refractivity contribution in [2.45, 2.75) is 13.8 Å². The molecule has 8 nitrogen and oxygen atoms in total. The molecule has 1 fully saturated rings. The van der Waals surface area contributed by atoms with Crippen molar-refractivity contribution >= 4 is 11.8 Å². The van der Waals surface area contributed by atoms with E-state index in [2.05, 4.69) is 22.0 Å². The van der Waals surface area contributed by atoms with Crippen LogP contribution in [0.2, 0.25) is 0 Å². The third-order valence-corrected chi connectivity index (χ3v) is 4.30. The summed E-state index contributed by atoms with van der Waals surface area (Å²) in [5.74, 6) is 0.120. The zero-order valence-electron chi connectivity index (χ0n) is 14.6. The van der Waals surface area contributed by atoms with E-state index >= 15 is 0 Å². The molecule has 2 aromatic rings. The van der Waals surface area contributed by atoms with Gasteiger partial charge in [0.15, 0.2) is 5.82 Å². The van der Waals surface area contributed by atoms with Crippen molar-refractivity contribution in [2.24, 2.45) is 0 Å². The molecule has 1 aliphatic heterocycles. The molecule has 0 bridgehead atoms. The van der Waals surface area contributed by atoms with E-state index < -0.39 is 5.97 Å². The maximum absolute atomic E-state index is 11.6. The van der Waals surface area contributed by atoms with Gasteiger partial charge in [0.25, 0.3) is 0 Å². The summed E-state index contributed by atoms with van der Waals surface area (Å²) in [7, 11) is 0. The van der Waals surface area contributed by atoms with E-state index in [1.54, 1.807) is 0 Å². The molecule has 134 valence electrons. The molecule has 1 saturated heterocycles. The molecule has 0 atom stereocenters. The standard InChI is InChI=1S/C17H23N5O3/c1-3-20-9-11-21(12-10-20)16-15(17(23)24)18-22(19-16)13-5-7-14(8-6-13)25-4-2/h5-8H,3-4,9-12H2,1-2H3,(H,23,24). The highest BCUT2D eigenvalue weighted by molar-refractivity contribution is 5.91. The van der Waals surface area contributed by atoms with Crippen LogP contribution < -0.4 is 9.64 Å². The number of carbonyl (C=O) groups is 1. The van der Waals surface area contributed by atoms with Gasteiger partial charge in [0.05, 0.1) is 12.3 Å². The Hall–Kier alpha value is -2.61. The Labute approximate surface area is 146 Å². The number of aromatic carboxylic acids is 1. The molecular weight excluding hydrogens is 322 g/mol. The average molecular weight is 345 g/mol. The summed E-state index contributed by atoms with van der Waals surface area (Å²) in [4.78, 5) is 17.3. The van der Waals surface area contributed by atoms with E-state index in [1.165, 1.54) is 4.80 Å². The molecule has 8 heteroatoms. The summed E-state index contributed by atoms with van der Waals surface area (Å²) in [5, 5.41) is 18.1. The minimum absolute atomic E-state index is 0.0150. The number of benzene rings is 1. The minimum atomic E-state index is -1.06. The van der Waals surface area contributed by atoms with Crippen LogP contribution in [-0.2, 0) is 0 Å². The van der Waals surface area contributed by atoms with Gasteiger partial charge in [-0.1, -0.05) is 6.92 Å². The first-order valence-corrected chi connectivity index (χ1v) is 8.53. The van der Waals surface area contributed by atoms with Crippen LogP contribution in [0.15, 0.2) is 24.3 Å². The van der Waals surface area contributed by atoms with Crippen molar-refractivity contribution < 1.29 is 14.6 Å². The third kappa shape index (κ3) is 3.74. The Kier molecular flexibility index (Phi) is 5.18. The monoisotopic (exact) mass is 345 g/mol. The number of ether oxygens (including phenoxy) is 1. The molecule has 0 unspecified atom stereocenters. The van der Waals surface area contributed by atoms with Crippen LogP contribution >= 0.6 is 0 Å². The number of hydrogen-bond acceptors (Lipinski definition) is 6. The van der Waals surface area contributed by atoms with Crippen LogP contribution in [0.5, 0.6) is 5.75 Å². The second-order valence-corrected chi connectivity index (χ2v) is 5.82. The van der Waals surface area contributed by atoms with Crippen LogP contribution in [0, 0.1) is 0 Å². The number of anilines is 1. The lowest BCUT2D eigenvalue weighted by Crippen LogP contribution is -2.46. The number of rotatable bonds is 6. The van der Waals surface area contributed by atoms with Crippen LogP contribution in [0.1, 0.15) is 24.3 Å². The zero-order chi connectivity index (χ0) is 17.8. The summed E-state index contributed by atoms with van der Waals surface area (Å²) >= 11 is 0. The van der Waals surface area contributed by atoms with E-state index in [4.69, 9.17) is 4.74 Å². The lowest BCUT2D eigenvalue weighted by Gasteiger charge is -2.34. The summed E-state index contributed by atoms with van der Waals surface area (Å²) in [6, 6.07) is 7.27. The molecule has 3 rings (SSSR count). The maximum Gasteiger partial charge on any atom is 0.360 e. The molecule has 1 aromatic carbocycles. The van der Waals surface area contributed by atoms with Crippen LogP contribution in [0.25, 0.3) is 5.69 Å². The van der Waals surface area contributed by atoms with Gasteiger partial charge in [-0.15, -0.1) is 15.0 Å². The molecule has 0 aliphatic carbocycles. The number of likely N-dealkylation sites (N-methyl/N-ethyl adjacent to an activating group) is 1. The van der Waals surface area contributed by atoms with Crippen LogP contribution in [0.4, 0.5) is 5.82 Å². The molecule has 2 heterocycles. The average Bonchev–Trinajstić information content (AvgIpc) is 3.08. The predicted octanol–water partition coefficient (Wildman–Crippen LogP) is 1.51. The largest absolute Gasteiger partial charge is 0.494 e. The second kappa shape index (κ2) is 7.52. The first-order valence-electron chi connectivity index (χ1n) is 8.53. The number of hydrogen-bond donors (Lipinski definition) is 1. The van der Waals surface area contributed by atoms with E-state index in [9.17, 15) is 9.90 Å². The van der Waals surface area contributed by atoms with Crippen molar-refractivity contribution in [3.8, 4) is 11.4 Å². The molecule has 0 saturated carbocycles. The fourth-order valence-corrected chi connectivity index (χ4v) is 2.88. The normalized spacial score (nSPS) is 15.4. The maximum atomic E-state index is 11.6. The van der Waals surface area contributed by atoms with Gasteiger partial charge in [0.2, 0.25) is 5.69 Å². The highest BCUT2D eigenvalue weighted by Gasteiger charge is 2.26. The smallest absolute Gasteiger partial charge is 0.360 e. The lowest BCUT2D eigenvalue weighted by molar-refractivity contribution is 0.0690. The first kappa shape index (κ1) is 17.2. The van der Waals surface area contributed by atoms with E-state index in [1.807, 2.05) is 36.1 Å². The second-order valence-electron chi connectivity index (χ2n) is 5.82. The Morgan fingerprint density at radius 2 is 1.80 bits per heavy atom. The van der Waals surface area contributed by atoms with Crippen molar-refractivity contribution in [2.75, 3.05) is 44.2 Å². The lowest BCUT2D eigenvalue weighted by atomic mass is 10.3. The van der Waals surface area contributed by atoms with Gasteiger partial charge in [-0.2, -0.15) is 0 Å². The number of carboxylic acids is 1. The molecule has 0 radical (unpaired) electrons. The Morgan fingerprint density at radius 3 is 2.36 bits per heavy atom. The zero-order valence-corrected chi connectivity index (χ0v) is 14.6. The first-order chi connectivity index (χ1) is 12.1. The summed E-state index contributed by atoms with van der Waals surface area (Å²) in [6.07, 6.45) is 0. The highest BCUT2D eigenvalue weighted by Crippen LogP contribution is 2.21. The summed E-state index contributed by atoms with van der Waals surface area (Å²) in [6.45, 7) is 8.92. The number of piperazine rings is 1. The summed E-state index contributed by atoms with van der Waals surface area (Å²) in [5.41, 5.74) is 0.684. The fourth-order valence-electron chi connectivity index (χ4n) is 2.88. The molecule has 1 N–H and O–H groups in total. The predicted molar refractivity (Wildman–Crippen MR) is 93.8 cm³/mol. The van der Waals surface area contributed by atoms with Gasteiger partial charge in [0.1, 0.15) is 5.75 Å². The van der Waals surface area contributed by atoms with Gasteiger partial charge in [-0.3, -0.25) is 0 Å². The van der Waals surface area contributed by atoms with E-state index in [0.717, 1.165) is 38.5 Å². The van der Waals surface area contributed by atoms with Crippen molar-refractivity contribution in [1.82, 2.24) is 19.9 Å². The number of carboxylic acid groups (broad SMARTS) is 1. The number of aromatic nitrogens is 3. The number of nitrogens with zero attached hydrogens (tertiary/aromatic N) is 5. The Morgan fingerprint density at radius 1 is 1.12 bits per heavy atom. The van der Waals surface area contributed by atoms with E-state index in [0.29, 0.717) is 18.1 Å². The topological polar surface area (TPSA) is 83.7 Å². The van der Waals surface area contributed by atoms with Gasteiger partial charge in [-0.25, -0.2) is 4.79 Å². The molecule has 1 aliphatic rings. The highest BCUT2D eigenvalue weighted by atomic mass is 16.5. The van der Waals surface area contributed by atoms with Crippen molar-refractivity contribution in [1.29, 1.82) is 0 Å². The Balaban J connectivity index is 1.86. The molecule has 1 aromatic heterocycles. The quantitative estimate of drug-likeness (QED) is 0.849.